The molecule has 6 N–H and O–H groups in total. The lowest BCUT2D eigenvalue weighted by atomic mass is 9.98. The minimum absolute atomic E-state index is 0.0495. The standard InChI is InChI=1S/C20H29N3O6/c1-3-12(2)17(21)19(27)22-14(9-10-16(24)25)18(26)23-15(20(28)29)11-13-7-5-4-6-8-13/h4-8,12,14-15,17H,3,9-11,21H2,1-2H3,(H,22,27)(H,23,26)(H,24,25)(H,28,29). The van der Waals surface area contributed by atoms with Crippen LogP contribution in [0.2, 0.25) is 0 Å². The molecular formula is C20H29N3O6. The molecule has 4 unspecified atom stereocenters. The molecule has 0 radical (unpaired) electrons. The molecule has 160 valence electrons. The van der Waals surface area contributed by atoms with Crippen molar-refractivity contribution in [3.63, 3.8) is 0 Å². The first kappa shape index (κ1) is 24.1. The SMILES string of the molecule is CCC(C)C(N)C(=O)NC(CCC(=O)O)C(=O)NC(Cc1ccccc1)C(=O)O. The molecule has 29 heavy (non-hydrogen) atoms. The summed E-state index contributed by atoms with van der Waals surface area (Å²) in [5, 5.41) is 23.2. The third kappa shape index (κ3) is 8.30. The number of carbonyl (C=O) groups is 4. The molecule has 0 fully saturated rings. The number of carboxylic acid groups (broad SMARTS) is 2. The van der Waals surface area contributed by atoms with Crippen molar-refractivity contribution in [2.75, 3.05) is 0 Å². The molecule has 0 aliphatic carbocycles. The summed E-state index contributed by atoms with van der Waals surface area (Å²) in [6.45, 7) is 3.66. The highest BCUT2D eigenvalue weighted by atomic mass is 16.4. The first-order valence-corrected chi connectivity index (χ1v) is 9.50. The fourth-order valence-electron chi connectivity index (χ4n) is 2.64. The summed E-state index contributed by atoms with van der Waals surface area (Å²) >= 11 is 0. The van der Waals surface area contributed by atoms with Crippen molar-refractivity contribution in [3.05, 3.63) is 35.9 Å². The van der Waals surface area contributed by atoms with Crippen LogP contribution in [0.5, 0.6) is 0 Å². The van der Waals surface area contributed by atoms with Crippen LogP contribution in [0.15, 0.2) is 30.3 Å². The number of carboxylic acids is 2. The van der Waals surface area contributed by atoms with Gasteiger partial charge in [-0.3, -0.25) is 14.4 Å². The summed E-state index contributed by atoms with van der Waals surface area (Å²) in [7, 11) is 0. The highest BCUT2D eigenvalue weighted by molar-refractivity contribution is 5.92. The van der Waals surface area contributed by atoms with E-state index in [1.165, 1.54) is 0 Å². The molecule has 1 aromatic carbocycles. The lowest BCUT2D eigenvalue weighted by Crippen LogP contribution is -2.55. The zero-order valence-corrected chi connectivity index (χ0v) is 16.6. The molecule has 0 saturated carbocycles. The van der Waals surface area contributed by atoms with Gasteiger partial charge in [-0.25, -0.2) is 4.79 Å². The molecule has 1 rings (SSSR count). The second-order valence-corrected chi connectivity index (χ2v) is 6.99. The highest BCUT2D eigenvalue weighted by Crippen LogP contribution is 2.08. The molecule has 1 aromatic rings. The third-order valence-electron chi connectivity index (χ3n) is 4.74. The fraction of sp³-hybridized carbons (Fsp3) is 0.500. The van der Waals surface area contributed by atoms with E-state index in [0.717, 1.165) is 0 Å². The van der Waals surface area contributed by atoms with Crippen LogP contribution in [0.3, 0.4) is 0 Å². The Kier molecular flexibility index (Phi) is 9.81. The fourth-order valence-corrected chi connectivity index (χ4v) is 2.64. The van der Waals surface area contributed by atoms with E-state index >= 15 is 0 Å². The summed E-state index contributed by atoms with van der Waals surface area (Å²) < 4.78 is 0. The van der Waals surface area contributed by atoms with E-state index in [1.54, 1.807) is 37.3 Å². The van der Waals surface area contributed by atoms with Crippen LogP contribution in [0.4, 0.5) is 0 Å². The van der Waals surface area contributed by atoms with Gasteiger partial charge in [0.1, 0.15) is 12.1 Å². The molecule has 9 nitrogen and oxygen atoms in total. The Bertz CT molecular complexity index is 709. The van der Waals surface area contributed by atoms with Crippen molar-refractivity contribution >= 4 is 23.8 Å². The van der Waals surface area contributed by atoms with E-state index in [0.29, 0.717) is 12.0 Å². The number of aliphatic carboxylic acids is 2. The number of hydrogen-bond acceptors (Lipinski definition) is 5. The molecule has 2 amide bonds. The van der Waals surface area contributed by atoms with Gasteiger partial charge in [0.15, 0.2) is 0 Å². The average molecular weight is 407 g/mol. The molecular weight excluding hydrogens is 378 g/mol. The van der Waals surface area contributed by atoms with Gasteiger partial charge in [-0.15, -0.1) is 0 Å². The summed E-state index contributed by atoms with van der Waals surface area (Å²) in [5.41, 5.74) is 6.59. The molecule has 4 atom stereocenters. The van der Waals surface area contributed by atoms with E-state index in [9.17, 15) is 24.3 Å². The molecule has 0 spiro atoms. The van der Waals surface area contributed by atoms with Crippen LogP contribution in [-0.4, -0.2) is 52.1 Å². The molecule has 9 heteroatoms. The monoisotopic (exact) mass is 407 g/mol. The molecule has 0 heterocycles. The minimum atomic E-state index is -1.23. The van der Waals surface area contributed by atoms with Gasteiger partial charge in [0.2, 0.25) is 11.8 Å². The maximum Gasteiger partial charge on any atom is 0.326 e. The number of hydrogen-bond donors (Lipinski definition) is 5. The minimum Gasteiger partial charge on any atom is -0.481 e. The topological polar surface area (TPSA) is 159 Å². The highest BCUT2D eigenvalue weighted by Gasteiger charge is 2.29. The Morgan fingerprint density at radius 2 is 1.59 bits per heavy atom. The Morgan fingerprint density at radius 3 is 2.10 bits per heavy atom. The molecule has 0 aliphatic heterocycles. The third-order valence-corrected chi connectivity index (χ3v) is 4.74. The number of benzene rings is 1. The maximum absolute atomic E-state index is 12.6. The number of nitrogens with two attached hydrogens (primary N) is 1. The smallest absolute Gasteiger partial charge is 0.326 e. The second kappa shape index (κ2) is 11.8. The largest absolute Gasteiger partial charge is 0.481 e. The van der Waals surface area contributed by atoms with Crippen LogP contribution in [0, 0.1) is 5.92 Å². The first-order valence-electron chi connectivity index (χ1n) is 9.50. The number of nitrogens with one attached hydrogen (secondary N) is 2. The first-order chi connectivity index (χ1) is 13.6. The van der Waals surface area contributed by atoms with Crippen molar-refractivity contribution in [2.24, 2.45) is 11.7 Å². The number of amides is 2. The van der Waals surface area contributed by atoms with Crippen LogP contribution in [0.1, 0.15) is 38.7 Å². The molecule has 0 aromatic heterocycles. The van der Waals surface area contributed by atoms with Crippen molar-refractivity contribution in [1.82, 2.24) is 10.6 Å². The zero-order valence-electron chi connectivity index (χ0n) is 16.6. The van der Waals surface area contributed by atoms with Crippen molar-refractivity contribution in [1.29, 1.82) is 0 Å². The Labute approximate surface area is 169 Å². The van der Waals surface area contributed by atoms with E-state index < -0.39 is 41.9 Å². The van der Waals surface area contributed by atoms with Crippen LogP contribution >= 0.6 is 0 Å². The predicted molar refractivity (Wildman–Crippen MR) is 106 cm³/mol. The van der Waals surface area contributed by atoms with E-state index in [1.807, 2.05) is 6.92 Å². The quantitative estimate of drug-likeness (QED) is 0.338. The maximum atomic E-state index is 12.6. The lowest BCUT2D eigenvalue weighted by molar-refractivity contribution is -0.143. The van der Waals surface area contributed by atoms with Crippen molar-refractivity contribution in [3.8, 4) is 0 Å². The van der Waals surface area contributed by atoms with Gasteiger partial charge in [0, 0.05) is 12.8 Å². The van der Waals surface area contributed by atoms with Crippen LogP contribution in [0.25, 0.3) is 0 Å². The van der Waals surface area contributed by atoms with Gasteiger partial charge in [0.05, 0.1) is 6.04 Å². The Morgan fingerprint density at radius 1 is 1.00 bits per heavy atom. The Hall–Kier alpha value is -2.94. The van der Waals surface area contributed by atoms with Gasteiger partial charge < -0.3 is 26.6 Å². The van der Waals surface area contributed by atoms with Crippen LogP contribution < -0.4 is 16.4 Å². The van der Waals surface area contributed by atoms with Gasteiger partial charge in [0.25, 0.3) is 0 Å². The van der Waals surface area contributed by atoms with Gasteiger partial charge in [-0.1, -0.05) is 50.6 Å². The second-order valence-electron chi connectivity index (χ2n) is 6.99. The normalized spacial score (nSPS) is 14.9. The van der Waals surface area contributed by atoms with Crippen molar-refractivity contribution < 1.29 is 29.4 Å². The summed E-state index contributed by atoms with van der Waals surface area (Å²) in [6, 6.07) is 5.47. The predicted octanol–water partition coefficient (Wildman–Crippen LogP) is 0.522. The molecule has 0 aliphatic rings. The van der Waals surface area contributed by atoms with E-state index in [4.69, 9.17) is 10.8 Å². The number of rotatable bonds is 12. The lowest BCUT2D eigenvalue weighted by Gasteiger charge is -2.24. The summed E-state index contributed by atoms with van der Waals surface area (Å²) in [5.74, 6) is -3.86. The summed E-state index contributed by atoms with van der Waals surface area (Å²) in [4.78, 5) is 47.4. The summed E-state index contributed by atoms with van der Waals surface area (Å²) in [6.07, 6.45) is 0.151. The molecule has 0 saturated heterocycles. The van der Waals surface area contributed by atoms with Crippen molar-refractivity contribution in [2.45, 2.75) is 57.7 Å². The van der Waals surface area contributed by atoms with E-state index in [2.05, 4.69) is 10.6 Å². The van der Waals surface area contributed by atoms with Crippen LogP contribution in [-0.2, 0) is 25.6 Å². The average Bonchev–Trinajstić information content (AvgIpc) is 2.69. The number of carbonyl (C=O) groups excluding carboxylic acids is 2. The van der Waals surface area contributed by atoms with Gasteiger partial charge >= 0.3 is 11.9 Å². The molecule has 0 bridgehead atoms. The van der Waals surface area contributed by atoms with E-state index in [-0.39, 0.29) is 25.2 Å². The Balaban J connectivity index is 2.88. The zero-order chi connectivity index (χ0) is 22.0. The van der Waals surface area contributed by atoms with Gasteiger partial charge in [-0.2, -0.15) is 0 Å². The van der Waals surface area contributed by atoms with Gasteiger partial charge in [-0.05, 0) is 17.9 Å².